The fourth-order valence-electron chi connectivity index (χ4n) is 4.23. The molecule has 40 heavy (non-hydrogen) atoms. The molecule has 1 aromatic heterocycles. The van der Waals surface area contributed by atoms with Crippen molar-refractivity contribution in [3.05, 3.63) is 93.6 Å². The van der Waals surface area contributed by atoms with E-state index in [9.17, 15) is 14.4 Å². The number of methoxy groups -OCH3 is 1. The quantitative estimate of drug-likeness (QED) is 0.285. The average molecular weight is 578 g/mol. The number of rotatable bonds is 10. The Morgan fingerprint density at radius 2 is 1.88 bits per heavy atom. The monoisotopic (exact) mass is 577 g/mol. The van der Waals surface area contributed by atoms with Crippen LogP contribution in [0.4, 0.5) is 0 Å². The standard InChI is InChI=1S/C29H27N3O6S2/c1-18-23(40-17-30-18)13-10-20-16-39-28-25(31-24(33)15-37-22-6-4-3-5-7-22)27(34)32(28)26(20)29(35)38-14-19-8-11-21(36-2)12-9-19/h3-13,17,25,28H,14-16H2,1-2H3,(H,31,33)/t25?,28-/m1/s1. The lowest BCUT2D eigenvalue weighted by Crippen LogP contribution is -2.70. The molecule has 0 saturated carbocycles. The van der Waals surface area contributed by atoms with Gasteiger partial charge in [-0.15, -0.1) is 23.1 Å². The van der Waals surface area contributed by atoms with Gasteiger partial charge in [-0.05, 0) is 48.4 Å². The minimum atomic E-state index is -0.768. The number of β-lactam (4-membered cyclic amide) rings is 1. The molecule has 2 aliphatic heterocycles. The molecule has 1 unspecified atom stereocenters. The summed E-state index contributed by atoms with van der Waals surface area (Å²) in [5.74, 6) is 0.325. The highest BCUT2D eigenvalue weighted by Crippen LogP contribution is 2.41. The summed E-state index contributed by atoms with van der Waals surface area (Å²) in [4.78, 5) is 45.9. The number of fused-ring (bicyclic) bond motifs is 1. The van der Waals surface area contributed by atoms with E-state index in [2.05, 4.69) is 10.3 Å². The number of aromatic nitrogens is 1. The van der Waals surface area contributed by atoms with E-state index in [0.717, 1.165) is 16.1 Å². The summed E-state index contributed by atoms with van der Waals surface area (Å²) in [7, 11) is 1.58. The number of nitrogens with zero attached hydrogens (tertiary/aromatic N) is 2. The Hall–Kier alpha value is -4.09. The fourth-order valence-corrected chi connectivity index (χ4v) is 6.24. The number of allylic oxidation sites excluding steroid dienone is 1. The molecule has 3 aromatic rings. The number of para-hydroxylation sites is 1. The van der Waals surface area contributed by atoms with Crippen LogP contribution in [0.25, 0.3) is 6.08 Å². The van der Waals surface area contributed by atoms with Crippen LogP contribution in [0.3, 0.4) is 0 Å². The van der Waals surface area contributed by atoms with Crippen LogP contribution in [0.1, 0.15) is 16.1 Å². The Morgan fingerprint density at radius 1 is 1.10 bits per heavy atom. The summed E-state index contributed by atoms with van der Waals surface area (Å²) in [6, 6.07) is 15.4. The van der Waals surface area contributed by atoms with Crippen molar-refractivity contribution in [2.75, 3.05) is 19.5 Å². The number of carbonyl (C=O) groups excluding carboxylic acids is 3. The number of carbonyl (C=O) groups is 3. The zero-order chi connectivity index (χ0) is 28.1. The van der Waals surface area contributed by atoms with E-state index in [-0.39, 0.29) is 24.8 Å². The molecule has 1 fully saturated rings. The van der Waals surface area contributed by atoms with Crippen LogP contribution in [-0.4, -0.2) is 58.6 Å². The van der Waals surface area contributed by atoms with Crippen molar-refractivity contribution in [3.8, 4) is 11.5 Å². The number of esters is 1. The second kappa shape index (κ2) is 12.4. The molecule has 5 rings (SSSR count). The summed E-state index contributed by atoms with van der Waals surface area (Å²) in [5, 5.41) is 2.32. The Balaban J connectivity index is 1.31. The van der Waals surface area contributed by atoms with E-state index in [4.69, 9.17) is 14.2 Å². The maximum Gasteiger partial charge on any atom is 0.355 e. The van der Waals surface area contributed by atoms with E-state index in [1.54, 1.807) is 36.9 Å². The van der Waals surface area contributed by atoms with Gasteiger partial charge in [0.25, 0.3) is 11.8 Å². The first-order valence-corrected chi connectivity index (χ1v) is 14.4. The van der Waals surface area contributed by atoms with Crippen molar-refractivity contribution in [2.45, 2.75) is 24.9 Å². The van der Waals surface area contributed by atoms with E-state index in [1.807, 2.05) is 49.4 Å². The Bertz CT molecular complexity index is 1450. The molecule has 1 N–H and O–H groups in total. The second-order valence-electron chi connectivity index (χ2n) is 8.99. The number of hydrogen-bond donors (Lipinski definition) is 1. The maximum absolute atomic E-state index is 13.4. The first-order valence-electron chi connectivity index (χ1n) is 12.5. The van der Waals surface area contributed by atoms with Crippen LogP contribution in [0.15, 0.2) is 77.5 Å². The number of ether oxygens (including phenoxy) is 3. The summed E-state index contributed by atoms with van der Waals surface area (Å²) in [5.41, 5.74) is 4.28. The van der Waals surface area contributed by atoms with Gasteiger partial charge in [0.15, 0.2) is 6.61 Å². The van der Waals surface area contributed by atoms with Crippen molar-refractivity contribution < 1.29 is 28.6 Å². The number of amides is 2. The molecule has 9 nitrogen and oxygen atoms in total. The summed E-state index contributed by atoms with van der Waals surface area (Å²) >= 11 is 2.97. The predicted molar refractivity (Wildman–Crippen MR) is 153 cm³/mol. The van der Waals surface area contributed by atoms with Crippen LogP contribution in [-0.2, 0) is 25.7 Å². The molecule has 0 aliphatic carbocycles. The van der Waals surface area contributed by atoms with Crippen molar-refractivity contribution in [2.24, 2.45) is 0 Å². The highest BCUT2D eigenvalue weighted by Gasteiger charge is 2.54. The SMILES string of the molecule is COc1ccc(COC(=O)C2=C(C=Cc3scnc3C)CS[C@@H]3C(NC(=O)COc4ccccc4)C(=O)N23)cc1. The zero-order valence-electron chi connectivity index (χ0n) is 21.9. The topological polar surface area (TPSA) is 107 Å². The Labute approximate surface area is 239 Å². The molecule has 0 bridgehead atoms. The number of thioether (sulfide) groups is 1. The lowest BCUT2D eigenvalue weighted by atomic mass is 10.0. The van der Waals surface area contributed by atoms with Crippen LogP contribution >= 0.6 is 23.1 Å². The molecule has 11 heteroatoms. The number of thiazole rings is 1. The van der Waals surface area contributed by atoms with E-state index >= 15 is 0 Å². The molecular weight excluding hydrogens is 550 g/mol. The smallest absolute Gasteiger partial charge is 0.355 e. The average Bonchev–Trinajstić information content (AvgIpc) is 3.41. The van der Waals surface area contributed by atoms with Gasteiger partial charge in [0.1, 0.15) is 35.2 Å². The number of benzene rings is 2. The van der Waals surface area contributed by atoms with Gasteiger partial charge in [0.2, 0.25) is 0 Å². The Morgan fingerprint density at radius 3 is 2.58 bits per heavy atom. The first-order chi connectivity index (χ1) is 19.4. The summed E-state index contributed by atoms with van der Waals surface area (Å²) < 4.78 is 16.3. The lowest BCUT2D eigenvalue weighted by Gasteiger charge is -2.49. The molecule has 2 atom stereocenters. The van der Waals surface area contributed by atoms with Gasteiger partial charge in [-0.1, -0.05) is 36.4 Å². The van der Waals surface area contributed by atoms with Gasteiger partial charge in [0.05, 0.1) is 18.3 Å². The van der Waals surface area contributed by atoms with Gasteiger partial charge in [-0.2, -0.15) is 0 Å². The minimum absolute atomic E-state index is 0.0358. The van der Waals surface area contributed by atoms with Crippen LogP contribution in [0.5, 0.6) is 11.5 Å². The van der Waals surface area contributed by atoms with Crippen molar-refractivity contribution in [1.82, 2.24) is 15.2 Å². The zero-order valence-corrected chi connectivity index (χ0v) is 23.5. The van der Waals surface area contributed by atoms with E-state index < -0.39 is 23.3 Å². The fraction of sp³-hybridized carbons (Fsp3) is 0.241. The largest absolute Gasteiger partial charge is 0.497 e. The van der Waals surface area contributed by atoms with Crippen molar-refractivity contribution in [1.29, 1.82) is 0 Å². The van der Waals surface area contributed by atoms with Gasteiger partial charge in [0, 0.05) is 10.6 Å². The molecular formula is C29H27N3O6S2. The molecule has 2 aromatic carbocycles. The van der Waals surface area contributed by atoms with Crippen LogP contribution in [0, 0.1) is 6.92 Å². The maximum atomic E-state index is 13.4. The number of aryl methyl sites for hydroxylation is 1. The van der Waals surface area contributed by atoms with Crippen LogP contribution < -0.4 is 14.8 Å². The first kappa shape index (κ1) is 27.5. The van der Waals surface area contributed by atoms with Gasteiger partial charge in [-0.3, -0.25) is 14.5 Å². The molecule has 206 valence electrons. The third kappa shape index (κ3) is 6.05. The Kier molecular flexibility index (Phi) is 8.51. The third-order valence-electron chi connectivity index (χ3n) is 6.37. The summed E-state index contributed by atoms with van der Waals surface area (Å²) in [6.07, 6.45) is 3.73. The van der Waals surface area contributed by atoms with E-state index in [0.29, 0.717) is 22.8 Å². The minimum Gasteiger partial charge on any atom is -0.497 e. The van der Waals surface area contributed by atoms with Gasteiger partial charge < -0.3 is 19.5 Å². The molecule has 0 radical (unpaired) electrons. The summed E-state index contributed by atoms with van der Waals surface area (Å²) in [6.45, 7) is 1.72. The predicted octanol–water partition coefficient (Wildman–Crippen LogP) is 3.95. The molecule has 2 amide bonds. The van der Waals surface area contributed by atoms with Crippen molar-refractivity contribution >= 4 is 47.0 Å². The van der Waals surface area contributed by atoms with Gasteiger partial charge >= 0.3 is 5.97 Å². The molecule has 1 saturated heterocycles. The van der Waals surface area contributed by atoms with E-state index in [1.165, 1.54) is 28.0 Å². The van der Waals surface area contributed by atoms with Crippen LogP contribution in [0.2, 0.25) is 0 Å². The van der Waals surface area contributed by atoms with Gasteiger partial charge in [-0.25, -0.2) is 9.78 Å². The second-order valence-corrected chi connectivity index (χ2v) is 11.0. The highest BCUT2D eigenvalue weighted by molar-refractivity contribution is 8.00. The van der Waals surface area contributed by atoms with Crippen molar-refractivity contribution in [3.63, 3.8) is 0 Å². The molecule has 0 spiro atoms. The highest BCUT2D eigenvalue weighted by atomic mass is 32.2. The lowest BCUT2D eigenvalue weighted by molar-refractivity contribution is -0.153. The molecule has 2 aliphatic rings. The normalized spacial score (nSPS) is 18.2. The number of hydrogen-bond acceptors (Lipinski definition) is 9. The molecule has 3 heterocycles. The number of nitrogens with one attached hydrogen (secondary N) is 1. The third-order valence-corrected chi connectivity index (χ3v) is 8.57.